The summed E-state index contributed by atoms with van der Waals surface area (Å²) >= 11 is 28.1. The van der Waals surface area contributed by atoms with E-state index in [2.05, 4.69) is 5.10 Å². The maximum Gasteiger partial charge on any atom is 0.353 e. The maximum atomic E-state index is 12.1. The third-order valence-electron chi connectivity index (χ3n) is 2.66. The van der Waals surface area contributed by atoms with Gasteiger partial charge in [0, 0.05) is 16.5 Å². The minimum Gasteiger partial charge on any atom is -0.253 e. The molecule has 0 spiro atoms. The number of halogens is 4. The summed E-state index contributed by atoms with van der Waals surface area (Å²) in [6.45, 7) is 1.84. The Morgan fingerprint density at radius 2 is 2.00 bits per heavy atom. The van der Waals surface area contributed by atoms with Gasteiger partial charge in [-0.3, -0.25) is 4.57 Å². The highest BCUT2D eigenvalue weighted by molar-refractivity contribution is 7.81. The predicted octanol–water partition coefficient (Wildman–Crippen LogP) is 3.31. The average Bonchev–Trinajstić information content (AvgIpc) is 2.68. The normalized spacial score (nSPS) is 20.3. The molecule has 1 aliphatic rings. The van der Waals surface area contributed by atoms with E-state index in [1.807, 2.05) is 6.92 Å². The molecule has 4 nitrogen and oxygen atoms in total. The molecule has 0 radical (unpaired) electrons. The van der Waals surface area contributed by atoms with Gasteiger partial charge in [0.15, 0.2) is 0 Å². The lowest BCUT2D eigenvalue weighted by molar-refractivity contribution is 0.640. The van der Waals surface area contributed by atoms with Crippen LogP contribution in [-0.4, -0.2) is 19.2 Å². The monoisotopic (exact) mass is 357 g/mol. The minimum absolute atomic E-state index is 0.210. The van der Waals surface area contributed by atoms with Gasteiger partial charge < -0.3 is 0 Å². The van der Waals surface area contributed by atoms with Gasteiger partial charge in [0.05, 0.1) is 5.03 Å². The van der Waals surface area contributed by atoms with E-state index in [9.17, 15) is 4.79 Å². The molecule has 0 aromatic carbocycles. The van der Waals surface area contributed by atoms with Crippen LogP contribution in [0, 0.1) is 5.92 Å². The van der Waals surface area contributed by atoms with Crippen molar-refractivity contribution in [1.29, 1.82) is 0 Å². The number of hydrogen-bond acceptors (Lipinski definition) is 3. The topological polar surface area (TPSA) is 39.8 Å². The standard InChI is InChI=1S/C10H7Cl4N3OS/c1-5-7(3-2-6(11)8(5)19)16-4-15-17(9(16)18)10(12,13)14/h2-5H,1H3. The molecule has 0 fully saturated rings. The molecule has 0 saturated carbocycles. The van der Waals surface area contributed by atoms with Crippen LogP contribution in [0.4, 0.5) is 0 Å². The first-order valence-electron chi connectivity index (χ1n) is 5.09. The van der Waals surface area contributed by atoms with Gasteiger partial charge in [0.2, 0.25) is 0 Å². The second-order valence-electron chi connectivity index (χ2n) is 3.86. The summed E-state index contributed by atoms with van der Waals surface area (Å²) in [6, 6.07) is 0. The van der Waals surface area contributed by atoms with Crippen molar-refractivity contribution in [3.8, 4) is 0 Å². The lowest BCUT2D eigenvalue weighted by atomic mass is 9.98. The van der Waals surface area contributed by atoms with E-state index in [0.717, 1.165) is 4.68 Å². The first-order valence-corrected chi connectivity index (χ1v) is 7.01. The van der Waals surface area contributed by atoms with E-state index in [4.69, 9.17) is 58.6 Å². The Morgan fingerprint density at radius 3 is 2.53 bits per heavy atom. The average molecular weight is 359 g/mol. The molecule has 1 atom stereocenters. The summed E-state index contributed by atoms with van der Waals surface area (Å²) in [5.41, 5.74) is 0.0622. The molecular weight excluding hydrogens is 352 g/mol. The van der Waals surface area contributed by atoms with E-state index in [1.165, 1.54) is 10.9 Å². The van der Waals surface area contributed by atoms with Crippen LogP contribution in [0.1, 0.15) is 6.92 Å². The fraction of sp³-hybridized carbons (Fsp3) is 0.300. The summed E-state index contributed by atoms with van der Waals surface area (Å²) in [5, 5.41) is 4.25. The van der Waals surface area contributed by atoms with Gasteiger partial charge in [-0.1, -0.05) is 65.5 Å². The molecule has 0 bridgehead atoms. The molecule has 1 aromatic heterocycles. The van der Waals surface area contributed by atoms with Crippen LogP contribution in [0.5, 0.6) is 0 Å². The Hall–Kier alpha value is -0.330. The number of alkyl halides is 3. The second kappa shape index (κ2) is 5.22. The molecule has 0 amide bonds. The van der Waals surface area contributed by atoms with Gasteiger partial charge in [0.25, 0.3) is 3.92 Å². The molecule has 1 unspecified atom stereocenters. The number of thiocarbonyl (C=S) groups is 1. The zero-order valence-corrected chi connectivity index (χ0v) is 13.3. The van der Waals surface area contributed by atoms with E-state index in [1.54, 1.807) is 12.2 Å². The largest absolute Gasteiger partial charge is 0.353 e. The molecule has 19 heavy (non-hydrogen) atoms. The van der Waals surface area contributed by atoms with Gasteiger partial charge >= 0.3 is 5.69 Å². The Kier molecular flexibility index (Phi) is 4.14. The Bertz CT molecular complexity index is 652. The maximum absolute atomic E-state index is 12.1. The van der Waals surface area contributed by atoms with Gasteiger partial charge in [-0.05, 0) is 12.2 Å². The van der Waals surface area contributed by atoms with Crippen LogP contribution in [-0.2, 0) is 3.92 Å². The minimum atomic E-state index is -1.94. The Morgan fingerprint density at radius 1 is 1.37 bits per heavy atom. The molecular formula is C10H7Cl4N3OS. The van der Waals surface area contributed by atoms with E-state index in [0.29, 0.717) is 15.6 Å². The lowest BCUT2D eigenvalue weighted by Crippen LogP contribution is -2.33. The second-order valence-corrected chi connectivity index (χ2v) is 6.92. The summed E-state index contributed by atoms with van der Waals surface area (Å²) in [6.07, 6.45) is 4.59. The van der Waals surface area contributed by atoms with Gasteiger partial charge in [-0.25, -0.2) is 4.79 Å². The van der Waals surface area contributed by atoms with Crippen molar-refractivity contribution in [3.63, 3.8) is 0 Å². The van der Waals surface area contributed by atoms with Crippen molar-refractivity contribution < 1.29 is 0 Å². The van der Waals surface area contributed by atoms with Crippen molar-refractivity contribution in [3.05, 3.63) is 34.0 Å². The van der Waals surface area contributed by atoms with E-state index in [-0.39, 0.29) is 5.92 Å². The fourth-order valence-electron chi connectivity index (χ4n) is 1.67. The highest BCUT2D eigenvalue weighted by Crippen LogP contribution is 2.31. The molecule has 0 saturated heterocycles. The fourth-order valence-corrected chi connectivity index (χ4v) is 2.43. The van der Waals surface area contributed by atoms with Crippen molar-refractivity contribution in [2.75, 3.05) is 0 Å². The molecule has 0 N–H and O–H groups in total. The van der Waals surface area contributed by atoms with Crippen molar-refractivity contribution in [1.82, 2.24) is 14.3 Å². The molecule has 2 rings (SSSR count). The predicted molar refractivity (Wildman–Crippen MR) is 82.0 cm³/mol. The van der Waals surface area contributed by atoms with Crippen LogP contribution in [0.3, 0.4) is 0 Å². The van der Waals surface area contributed by atoms with Crippen LogP contribution >= 0.6 is 58.6 Å². The quantitative estimate of drug-likeness (QED) is 0.571. The van der Waals surface area contributed by atoms with Crippen LogP contribution < -0.4 is 5.69 Å². The van der Waals surface area contributed by atoms with E-state index >= 15 is 0 Å². The SMILES string of the molecule is CC1C(=S)C(Cl)=CC=C1n1cnn(C(Cl)(Cl)Cl)c1=O. The smallest absolute Gasteiger partial charge is 0.253 e. The molecule has 102 valence electrons. The highest BCUT2D eigenvalue weighted by Gasteiger charge is 2.29. The number of aromatic nitrogens is 3. The van der Waals surface area contributed by atoms with Crippen molar-refractivity contribution in [2.45, 2.75) is 10.8 Å². The zero-order valence-electron chi connectivity index (χ0n) is 9.48. The van der Waals surface area contributed by atoms with Gasteiger partial charge in [-0.2, -0.15) is 9.78 Å². The summed E-state index contributed by atoms with van der Waals surface area (Å²) in [7, 11) is 0. The third kappa shape index (κ3) is 2.76. The number of hydrogen-bond donors (Lipinski definition) is 0. The first-order chi connectivity index (χ1) is 8.73. The highest BCUT2D eigenvalue weighted by atomic mass is 35.6. The molecule has 0 aliphatic heterocycles. The molecule has 1 aromatic rings. The first kappa shape index (κ1) is 15.1. The van der Waals surface area contributed by atoms with Crippen LogP contribution in [0.15, 0.2) is 28.3 Å². The number of allylic oxidation sites excluding steroid dienone is 4. The van der Waals surface area contributed by atoms with Gasteiger partial charge in [0.1, 0.15) is 6.33 Å². The van der Waals surface area contributed by atoms with Crippen LogP contribution in [0.2, 0.25) is 0 Å². The van der Waals surface area contributed by atoms with Crippen molar-refractivity contribution in [2.24, 2.45) is 5.92 Å². The summed E-state index contributed by atoms with van der Waals surface area (Å²) in [5.74, 6) is -0.210. The molecule has 9 heteroatoms. The number of nitrogens with zero attached hydrogens (tertiary/aromatic N) is 3. The zero-order chi connectivity index (χ0) is 14.4. The van der Waals surface area contributed by atoms with E-state index < -0.39 is 9.61 Å². The Balaban J connectivity index is 2.53. The number of rotatable bonds is 1. The molecule has 1 aliphatic carbocycles. The van der Waals surface area contributed by atoms with Crippen molar-refractivity contribution >= 4 is 69.2 Å². The van der Waals surface area contributed by atoms with Crippen LogP contribution in [0.25, 0.3) is 5.70 Å². The Labute approximate surface area is 134 Å². The summed E-state index contributed by atoms with van der Waals surface area (Å²) < 4.78 is 0.0989. The lowest BCUT2D eigenvalue weighted by Gasteiger charge is -2.20. The molecule has 1 heterocycles. The summed E-state index contributed by atoms with van der Waals surface area (Å²) in [4.78, 5) is 12.7. The third-order valence-corrected chi connectivity index (χ3v) is 4.16. The van der Waals surface area contributed by atoms with Gasteiger partial charge in [-0.15, -0.1) is 0 Å².